The Kier molecular flexibility index (Phi) is 6.49. The standard InChI is InChI=1S/C15H20FN3O3/c1-9(2)14(17-10(3)20)15(22)19-18-13(21)8-11-4-6-12(16)7-5-11/h4-7,9,14H,8H2,1-3H3,(H,17,20)(H,18,21)(H,19,22)/t14-/m0/s1. The number of nitrogens with one attached hydrogen (secondary N) is 3. The fraction of sp³-hybridized carbons (Fsp3) is 0.400. The summed E-state index contributed by atoms with van der Waals surface area (Å²) in [5.41, 5.74) is 5.16. The van der Waals surface area contributed by atoms with Gasteiger partial charge in [-0.25, -0.2) is 4.39 Å². The Morgan fingerprint density at radius 1 is 1.09 bits per heavy atom. The van der Waals surface area contributed by atoms with Crippen LogP contribution in [0.5, 0.6) is 0 Å². The van der Waals surface area contributed by atoms with Crippen molar-refractivity contribution in [1.29, 1.82) is 0 Å². The molecule has 0 radical (unpaired) electrons. The van der Waals surface area contributed by atoms with Crippen molar-refractivity contribution in [2.75, 3.05) is 0 Å². The molecule has 0 spiro atoms. The van der Waals surface area contributed by atoms with Crippen molar-refractivity contribution < 1.29 is 18.8 Å². The Bertz CT molecular complexity index is 543. The topological polar surface area (TPSA) is 87.3 Å². The molecular weight excluding hydrogens is 289 g/mol. The highest BCUT2D eigenvalue weighted by atomic mass is 19.1. The molecule has 3 amide bonds. The van der Waals surface area contributed by atoms with E-state index < -0.39 is 17.9 Å². The van der Waals surface area contributed by atoms with Crippen molar-refractivity contribution in [3.63, 3.8) is 0 Å². The predicted octanol–water partition coefficient (Wildman–Crippen LogP) is 0.676. The first-order valence-electron chi connectivity index (χ1n) is 6.90. The smallest absolute Gasteiger partial charge is 0.261 e. The number of hydrogen-bond acceptors (Lipinski definition) is 3. The second-order valence-electron chi connectivity index (χ2n) is 5.26. The highest BCUT2D eigenvalue weighted by molar-refractivity contribution is 5.89. The van der Waals surface area contributed by atoms with Gasteiger partial charge in [-0.15, -0.1) is 0 Å². The van der Waals surface area contributed by atoms with Crippen LogP contribution >= 0.6 is 0 Å². The van der Waals surface area contributed by atoms with E-state index >= 15 is 0 Å². The summed E-state index contributed by atoms with van der Waals surface area (Å²) in [5, 5.41) is 2.51. The minimum Gasteiger partial charge on any atom is -0.344 e. The monoisotopic (exact) mass is 309 g/mol. The lowest BCUT2D eigenvalue weighted by Gasteiger charge is -2.21. The van der Waals surface area contributed by atoms with Crippen LogP contribution < -0.4 is 16.2 Å². The first-order valence-corrected chi connectivity index (χ1v) is 6.90. The van der Waals surface area contributed by atoms with Crippen molar-refractivity contribution in [2.24, 2.45) is 5.92 Å². The van der Waals surface area contributed by atoms with E-state index in [1.165, 1.54) is 31.2 Å². The molecule has 0 aliphatic rings. The molecule has 1 aromatic carbocycles. The highest BCUT2D eigenvalue weighted by Gasteiger charge is 2.23. The molecular formula is C15H20FN3O3. The number of carbonyl (C=O) groups is 3. The maximum absolute atomic E-state index is 12.8. The van der Waals surface area contributed by atoms with Crippen molar-refractivity contribution >= 4 is 17.7 Å². The normalized spacial score (nSPS) is 11.7. The number of amides is 3. The predicted molar refractivity (Wildman–Crippen MR) is 78.8 cm³/mol. The molecule has 22 heavy (non-hydrogen) atoms. The average molecular weight is 309 g/mol. The maximum atomic E-state index is 12.8. The minimum atomic E-state index is -0.733. The number of rotatable bonds is 5. The molecule has 0 fully saturated rings. The van der Waals surface area contributed by atoms with Gasteiger partial charge in [-0.05, 0) is 23.6 Å². The Balaban J connectivity index is 2.49. The number of hydrogen-bond donors (Lipinski definition) is 3. The number of halogens is 1. The summed E-state index contributed by atoms with van der Waals surface area (Å²) in [6.45, 7) is 4.87. The molecule has 0 heterocycles. The summed E-state index contributed by atoms with van der Waals surface area (Å²) < 4.78 is 12.8. The van der Waals surface area contributed by atoms with Gasteiger partial charge in [0.25, 0.3) is 5.91 Å². The zero-order chi connectivity index (χ0) is 16.7. The molecule has 0 saturated carbocycles. The highest BCUT2D eigenvalue weighted by Crippen LogP contribution is 2.03. The van der Waals surface area contributed by atoms with Gasteiger partial charge in [0.05, 0.1) is 6.42 Å². The van der Waals surface area contributed by atoms with Crippen LogP contribution in [0.25, 0.3) is 0 Å². The van der Waals surface area contributed by atoms with Crippen LogP contribution in [0.15, 0.2) is 24.3 Å². The van der Waals surface area contributed by atoms with Crippen molar-refractivity contribution in [1.82, 2.24) is 16.2 Å². The van der Waals surface area contributed by atoms with Crippen LogP contribution in [0.2, 0.25) is 0 Å². The van der Waals surface area contributed by atoms with Gasteiger partial charge in [0.15, 0.2) is 0 Å². The quantitative estimate of drug-likeness (QED) is 0.699. The molecule has 120 valence electrons. The van der Waals surface area contributed by atoms with E-state index in [2.05, 4.69) is 16.2 Å². The van der Waals surface area contributed by atoms with Crippen LogP contribution in [-0.4, -0.2) is 23.8 Å². The van der Waals surface area contributed by atoms with Crippen molar-refractivity contribution in [2.45, 2.75) is 33.2 Å². The molecule has 0 unspecified atom stereocenters. The van der Waals surface area contributed by atoms with Gasteiger partial charge >= 0.3 is 0 Å². The van der Waals surface area contributed by atoms with Gasteiger partial charge in [-0.2, -0.15) is 0 Å². The molecule has 6 nitrogen and oxygen atoms in total. The Morgan fingerprint density at radius 3 is 2.18 bits per heavy atom. The van der Waals surface area contributed by atoms with E-state index in [0.717, 1.165) is 0 Å². The van der Waals surface area contributed by atoms with E-state index in [0.29, 0.717) is 5.56 Å². The Labute approximate surface area is 128 Å². The van der Waals surface area contributed by atoms with E-state index in [-0.39, 0.29) is 24.1 Å². The molecule has 1 aromatic rings. The summed E-state index contributed by atoms with van der Waals surface area (Å²) in [5.74, 6) is -1.78. The summed E-state index contributed by atoms with van der Waals surface area (Å²) in [4.78, 5) is 34.7. The second-order valence-corrected chi connectivity index (χ2v) is 5.26. The minimum absolute atomic E-state index is 0.00699. The first kappa shape index (κ1) is 17.6. The molecule has 0 aliphatic heterocycles. The lowest BCUT2D eigenvalue weighted by atomic mass is 10.0. The van der Waals surface area contributed by atoms with Crippen LogP contribution in [-0.2, 0) is 20.8 Å². The van der Waals surface area contributed by atoms with Crippen LogP contribution in [0.4, 0.5) is 4.39 Å². The number of carbonyl (C=O) groups excluding carboxylic acids is 3. The van der Waals surface area contributed by atoms with Crippen LogP contribution in [0.3, 0.4) is 0 Å². The third-order valence-electron chi connectivity index (χ3n) is 2.91. The Morgan fingerprint density at radius 2 is 1.68 bits per heavy atom. The summed E-state index contributed by atoms with van der Waals surface area (Å²) >= 11 is 0. The summed E-state index contributed by atoms with van der Waals surface area (Å²) in [6.07, 6.45) is 0.00699. The molecule has 0 bridgehead atoms. The fourth-order valence-corrected chi connectivity index (χ4v) is 1.79. The molecule has 7 heteroatoms. The van der Waals surface area contributed by atoms with Gasteiger partial charge < -0.3 is 5.32 Å². The second kappa shape index (κ2) is 8.11. The van der Waals surface area contributed by atoms with Gasteiger partial charge in [0.2, 0.25) is 11.8 Å². The van der Waals surface area contributed by atoms with Gasteiger partial charge in [-0.3, -0.25) is 25.2 Å². The zero-order valence-corrected chi connectivity index (χ0v) is 12.8. The number of benzene rings is 1. The third-order valence-corrected chi connectivity index (χ3v) is 2.91. The van der Waals surface area contributed by atoms with Crippen molar-refractivity contribution in [3.05, 3.63) is 35.6 Å². The largest absolute Gasteiger partial charge is 0.344 e. The Hall–Kier alpha value is -2.44. The molecule has 1 atom stereocenters. The van der Waals surface area contributed by atoms with E-state index in [1.54, 1.807) is 13.8 Å². The van der Waals surface area contributed by atoms with Gasteiger partial charge in [-0.1, -0.05) is 26.0 Å². The number of hydrazine groups is 1. The lowest BCUT2D eigenvalue weighted by molar-refractivity contribution is -0.132. The van der Waals surface area contributed by atoms with Gasteiger partial charge in [0.1, 0.15) is 11.9 Å². The first-order chi connectivity index (χ1) is 10.3. The molecule has 0 saturated heterocycles. The molecule has 0 aliphatic carbocycles. The average Bonchev–Trinajstić information content (AvgIpc) is 2.44. The summed E-state index contributed by atoms with van der Waals surface area (Å²) in [7, 11) is 0. The zero-order valence-electron chi connectivity index (χ0n) is 12.8. The van der Waals surface area contributed by atoms with E-state index in [9.17, 15) is 18.8 Å². The fourth-order valence-electron chi connectivity index (χ4n) is 1.79. The van der Waals surface area contributed by atoms with Gasteiger partial charge in [0, 0.05) is 6.92 Å². The molecule has 3 N–H and O–H groups in total. The lowest BCUT2D eigenvalue weighted by Crippen LogP contribution is -2.54. The van der Waals surface area contributed by atoms with E-state index in [1.807, 2.05) is 0 Å². The maximum Gasteiger partial charge on any atom is 0.261 e. The third kappa shape index (κ3) is 5.90. The van der Waals surface area contributed by atoms with Crippen LogP contribution in [0, 0.1) is 11.7 Å². The SMILES string of the molecule is CC(=O)N[C@H](C(=O)NNC(=O)Cc1ccc(F)cc1)C(C)C. The summed E-state index contributed by atoms with van der Waals surface area (Å²) in [6, 6.07) is 4.76. The molecule has 0 aromatic heterocycles. The van der Waals surface area contributed by atoms with Crippen LogP contribution in [0.1, 0.15) is 26.3 Å². The van der Waals surface area contributed by atoms with Crippen molar-refractivity contribution in [3.8, 4) is 0 Å². The van der Waals surface area contributed by atoms with E-state index in [4.69, 9.17) is 0 Å². The molecule has 1 rings (SSSR count).